The fourth-order valence-corrected chi connectivity index (χ4v) is 4.11. The predicted molar refractivity (Wildman–Crippen MR) is 115 cm³/mol. The van der Waals surface area contributed by atoms with Gasteiger partial charge in [0.25, 0.3) is 0 Å². The van der Waals surface area contributed by atoms with Crippen molar-refractivity contribution in [2.45, 2.75) is 30.3 Å². The molecule has 1 amide bonds. The molecule has 0 aromatic heterocycles. The van der Waals surface area contributed by atoms with Crippen LogP contribution in [0.5, 0.6) is 0 Å². The highest BCUT2D eigenvalue weighted by Gasteiger charge is 2.39. The third kappa shape index (κ3) is 4.58. The zero-order chi connectivity index (χ0) is 20.3. The molecule has 0 unspecified atom stereocenters. The molecule has 0 radical (unpaired) electrons. The van der Waals surface area contributed by atoms with Crippen LogP contribution in [0.15, 0.2) is 59.5 Å². The molecule has 0 bridgehead atoms. The van der Waals surface area contributed by atoms with E-state index in [1.54, 1.807) is 16.8 Å². The average molecular weight is 412 g/mol. The highest BCUT2D eigenvalue weighted by Crippen LogP contribution is 2.35. The first-order valence-electron chi connectivity index (χ1n) is 9.68. The van der Waals surface area contributed by atoms with E-state index in [4.69, 9.17) is 9.68 Å². The molecule has 1 saturated heterocycles. The number of aryl methyl sites for hydroxylation is 1. The summed E-state index contributed by atoms with van der Waals surface area (Å²) in [6, 6.07) is 16.0. The number of para-hydroxylation sites is 1. The summed E-state index contributed by atoms with van der Waals surface area (Å²) in [5.74, 6) is 0. The molecular weight excluding hydrogens is 386 g/mol. The molecule has 2 aliphatic rings. The SMILES string of the molecule is CSc1ccccc1NC(=O)ON1CCC2(C=C(c3ccc(C)cc3)NO2)CC1. The van der Waals surface area contributed by atoms with E-state index in [2.05, 4.69) is 48.1 Å². The van der Waals surface area contributed by atoms with E-state index < -0.39 is 6.09 Å². The van der Waals surface area contributed by atoms with Crippen LogP contribution in [0.1, 0.15) is 24.0 Å². The Balaban J connectivity index is 1.32. The van der Waals surface area contributed by atoms with Crippen LogP contribution in [-0.2, 0) is 9.68 Å². The normalized spacial score (nSPS) is 18.2. The van der Waals surface area contributed by atoms with E-state index in [-0.39, 0.29) is 5.60 Å². The van der Waals surface area contributed by atoms with Crippen molar-refractivity contribution in [3.63, 3.8) is 0 Å². The van der Waals surface area contributed by atoms with E-state index >= 15 is 0 Å². The minimum atomic E-state index is -0.469. The second-order valence-corrected chi connectivity index (χ2v) is 8.17. The maximum atomic E-state index is 12.3. The van der Waals surface area contributed by atoms with Gasteiger partial charge in [-0.2, -0.15) is 0 Å². The fraction of sp³-hybridized carbons (Fsp3) is 0.318. The molecule has 1 spiro atoms. The van der Waals surface area contributed by atoms with Crippen molar-refractivity contribution < 1.29 is 14.5 Å². The topological polar surface area (TPSA) is 62.8 Å². The van der Waals surface area contributed by atoms with Gasteiger partial charge in [0.15, 0.2) is 0 Å². The Morgan fingerprint density at radius 2 is 1.90 bits per heavy atom. The molecule has 2 aliphatic heterocycles. The van der Waals surface area contributed by atoms with E-state index in [1.165, 1.54) is 5.56 Å². The summed E-state index contributed by atoms with van der Waals surface area (Å²) < 4.78 is 0. The zero-order valence-electron chi connectivity index (χ0n) is 16.6. The minimum Gasteiger partial charge on any atom is -0.351 e. The van der Waals surface area contributed by atoms with Gasteiger partial charge in [-0.15, -0.1) is 16.8 Å². The predicted octanol–water partition coefficient (Wildman–Crippen LogP) is 4.59. The van der Waals surface area contributed by atoms with Crippen LogP contribution in [0.2, 0.25) is 0 Å². The monoisotopic (exact) mass is 411 g/mol. The summed E-state index contributed by atoms with van der Waals surface area (Å²) in [4.78, 5) is 24.7. The van der Waals surface area contributed by atoms with Crippen molar-refractivity contribution in [2.75, 3.05) is 24.7 Å². The van der Waals surface area contributed by atoms with Crippen LogP contribution < -0.4 is 10.8 Å². The Morgan fingerprint density at radius 3 is 2.62 bits per heavy atom. The number of carbonyl (C=O) groups excluding carboxylic acids is 1. The summed E-state index contributed by atoms with van der Waals surface area (Å²) in [5, 5.41) is 4.52. The minimum absolute atomic E-state index is 0.359. The Hall–Kier alpha value is -2.48. The number of piperidine rings is 1. The number of benzene rings is 2. The number of nitrogens with one attached hydrogen (secondary N) is 2. The second kappa shape index (κ2) is 8.49. The van der Waals surface area contributed by atoms with Gasteiger partial charge >= 0.3 is 6.09 Å². The first-order chi connectivity index (χ1) is 14.1. The standard InChI is InChI=1S/C22H25N3O3S/c1-16-7-9-17(10-8-16)19-15-22(28-24-19)11-13-25(14-12-22)27-21(26)23-18-5-3-4-6-20(18)29-2/h3-10,15,24H,11-14H2,1-2H3,(H,23,26). The van der Waals surface area contributed by atoms with Crippen LogP contribution in [0.3, 0.4) is 0 Å². The lowest BCUT2D eigenvalue weighted by Crippen LogP contribution is -2.45. The number of thioether (sulfide) groups is 1. The molecule has 152 valence electrons. The van der Waals surface area contributed by atoms with Gasteiger partial charge in [-0.25, -0.2) is 4.79 Å². The van der Waals surface area contributed by atoms with Gasteiger partial charge in [0.2, 0.25) is 0 Å². The highest BCUT2D eigenvalue weighted by molar-refractivity contribution is 7.98. The van der Waals surface area contributed by atoms with Crippen LogP contribution in [0.25, 0.3) is 5.70 Å². The number of nitrogens with zero attached hydrogens (tertiary/aromatic N) is 1. The first kappa shape index (κ1) is 19.8. The molecule has 0 aliphatic carbocycles. The Morgan fingerprint density at radius 1 is 1.17 bits per heavy atom. The van der Waals surface area contributed by atoms with Crippen molar-refractivity contribution in [3.8, 4) is 0 Å². The molecule has 0 saturated carbocycles. The molecule has 7 heteroatoms. The molecule has 2 heterocycles. The van der Waals surface area contributed by atoms with Gasteiger partial charge in [-0.05, 0) is 49.8 Å². The van der Waals surface area contributed by atoms with Crippen LogP contribution in [-0.4, -0.2) is 36.1 Å². The van der Waals surface area contributed by atoms with Crippen molar-refractivity contribution in [3.05, 3.63) is 65.7 Å². The number of hydroxylamine groups is 3. The maximum Gasteiger partial charge on any atom is 0.430 e. The van der Waals surface area contributed by atoms with Gasteiger partial charge in [0.1, 0.15) is 5.60 Å². The third-order valence-electron chi connectivity index (χ3n) is 5.26. The molecule has 29 heavy (non-hydrogen) atoms. The number of hydrogen-bond acceptors (Lipinski definition) is 6. The Bertz CT molecular complexity index is 906. The number of rotatable bonds is 4. The van der Waals surface area contributed by atoms with Gasteiger partial charge in [0.05, 0.1) is 11.4 Å². The van der Waals surface area contributed by atoms with Crippen LogP contribution in [0, 0.1) is 6.92 Å². The molecule has 4 rings (SSSR count). The largest absolute Gasteiger partial charge is 0.430 e. The molecule has 2 aromatic rings. The summed E-state index contributed by atoms with van der Waals surface area (Å²) in [7, 11) is 0. The van der Waals surface area contributed by atoms with Gasteiger partial charge in [0, 0.05) is 18.0 Å². The maximum absolute atomic E-state index is 12.3. The van der Waals surface area contributed by atoms with E-state index in [0.717, 1.165) is 34.7 Å². The summed E-state index contributed by atoms with van der Waals surface area (Å²) in [6.07, 6.45) is 5.14. The van der Waals surface area contributed by atoms with E-state index in [9.17, 15) is 4.79 Å². The summed E-state index contributed by atoms with van der Waals surface area (Å²) >= 11 is 1.58. The molecule has 1 fully saturated rings. The lowest BCUT2D eigenvalue weighted by molar-refractivity contribution is -0.153. The highest BCUT2D eigenvalue weighted by atomic mass is 32.2. The summed E-state index contributed by atoms with van der Waals surface area (Å²) in [6.45, 7) is 3.29. The Kier molecular flexibility index (Phi) is 5.80. The smallest absolute Gasteiger partial charge is 0.351 e. The van der Waals surface area contributed by atoms with Crippen molar-refractivity contribution >= 4 is 29.2 Å². The number of carbonyl (C=O) groups is 1. The Labute approximate surface area is 175 Å². The number of anilines is 1. The molecule has 2 aromatic carbocycles. The van der Waals surface area contributed by atoms with E-state index in [0.29, 0.717) is 13.1 Å². The lowest BCUT2D eigenvalue weighted by Gasteiger charge is -2.35. The van der Waals surface area contributed by atoms with Crippen molar-refractivity contribution in [1.82, 2.24) is 10.5 Å². The zero-order valence-corrected chi connectivity index (χ0v) is 17.4. The second-order valence-electron chi connectivity index (χ2n) is 7.33. The van der Waals surface area contributed by atoms with Crippen molar-refractivity contribution in [2.24, 2.45) is 0 Å². The van der Waals surface area contributed by atoms with Crippen LogP contribution >= 0.6 is 11.8 Å². The van der Waals surface area contributed by atoms with Gasteiger partial charge in [-0.1, -0.05) is 42.0 Å². The summed E-state index contributed by atoms with van der Waals surface area (Å²) in [5.41, 5.74) is 6.80. The molecular formula is C22H25N3O3S. The first-order valence-corrected chi connectivity index (χ1v) is 10.9. The molecule has 2 N–H and O–H groups in total. The third-order valence-corrected chi connectivity index (χ3v) is 6.05. The van der Waals surface area contributed by atoms with E-state index in [1.807, 2.05) is 30.5 Å². The number of amides is 1. The fourth-order valence-electron chi connectivity index (χ4n) is 3.55. The van der Waals surface area contributed by atoms with Gasteiger partial charge < -0.3 is 4.84 Å². The molecule has 6 nitrogen and oxygen atoms in total. The molecule has 0 atom stereocenters. The quantitative estimate of drug-likeness (QED) is 0.718. The average Bonchev–Trinajstić information content (AvgIpc) is 3.14. The lowest BCUT2D eigenvalue weighted by atomic mass is 9.91. The van der Waals surface area contributed by atoms with Gasteiger partial charge in [-0.3, -0.25) is 15.6 Å². The van der Waals surface area contributed by atoms with Crippen LogP contribution in [0.4, 0.5) is 10.5 Å². The van der Waals surface area contributed by atoms with Crippen molar-refractivity contribution in [1.29, 1.82) is 0 Å². The number of hydrogen-bond donors (Lipinski definition) is 2.